The predicted molar refractivity (Wildman–Crippen MR) is 102 cm³/mol. The van der Waals surface area contributed by atoms with E-state index in [4.69, 9.17) is 0 Å². The Hall–Kier alpha value is -2.17. The van der Waals surface area contributed by atoms with E-state index in [2.05, 4.69) is 10.4 Å². The van der Waals surface area contributed by atoms with E-state index in [1.54, 1.807) is 23.0 Å². The predicted octanol–water partition coefficient (Wildman–Crippen LogP) is 4.62. The molecule has 4 aliphatic carbocycles. The topological polar surface area (TPSA) is 46.9 Å². The highest BCUT2D eigenvalue weighted by Crippen LogP contribution is 2.61. The second-order valence-corrected chi connectivity index (χ2v) is 9.20. The summed E-state index contributed by atoms with van der Waals surface area (Å²) in [7, 11) is 0. The Kier molecular flexibility index (Phi) is 4.06. The Morgan fingerprint density at radius 3 is 2.37 bits per heavy atom. The highest BCUT2D eigenvalue weighted by Gasteiger charge is 2.51. The van der Waals surface area contributed by atoms with Crippen molar-refractivity contribution in [3.05, 3.63) is 48.0 Å². The minimum atomic E-state index is -0.239. The van der Waals surface area contributed by atoms with Crippen LogP contribution in [0.1, 0.15) is 50.5 Å². The molecule has 1 heterocycles. The van der Waals surface area contributed by atoms with Gasteiger partial charge >= 0.3 is 0 Å². The number of hydrogen-bond acceptors (Lipinski definition) is 2. The number of hydrogen-bond donors (Lipinski definition) is 1. The molecule has 4 saturated carbocycles. The summed E-state index contributed by atoms with van der Waals surface area (Å²) in [5.41, 5.74) is 1.97. The molecule has 0 aliphatic heterocycles. The molecular formula is C22H26FN3O. The van der Waals surface area contributed by atoms with Crippen molar-refractivity contribution in [3.8, 4) is 0 Å². The summed E-state index contributed by atoms with van der Waals surface area (Å²) in [6.45, 7) is 0.561. The fraction of sp³-hybridized carbons (Fsp3) is 0.545. The Bertz CT molecular complexity index is 806. The molecule has 4 aliphatic rings. The fourth-order valence-corrected chi connectivity index (χ4v) is 6.34. The van der Waals surface area contributed by atoms with Crippen LogP contribution >= 0.6 is 0 Å². The maximum Gasteiger partial charge on any atom is 0.225 e. The van der Waals surface area contributed by atoms with Crippen LogP contribution in [0, 0.1) is 29.0 Å². The first kappa shape index (κ1) is 17.0. The van der Waals surface area contributed by atoms with E-state index in [1.807, 2.05) is 6.20 Å². The van der Waals surface area contributed by atoms with E-state index in [-0.39, 0.29) is 17.1 Å². The summed E-state index contributed by atoms with van der Waals surface area (Å²) in [6.07, 6.45) is 12.1. The highest BCUT2D eigenvalue weighted by atomic mass is 19.1. The van der Waals surface area contributed by atoms with Crippen molar-refractivity contribution < 1.29 is 9.18 Å². The van der Waals surface area contributed by atoms with Crippen molar-refractivity contribution in [2.75, 3.05) is 5.32 Å². The highest BCUT2D eigenvalue weighted by molar-refractivity contribution is 5.90. The van der Waals surface area contributed by atoms with Crippen molar-refractivity contribution >= 4 is 11.6 Å². The van der Waals surface area contributed by atoms with Gasteiger partial charge in [-0.15, -0.1) is 0 Å². The van der Waals surface area contributed by atoms with E-state index in [1.165, 1.54) is 50.7 Å². The number of benzene rings is 1. The third-order valence-corrected chi connectivity index (χ3v) is 6.88. The standard InChI is InChI=1S/C22H26FN3O/c23-19-3-1-15(2-4-19)13-26-14-20(12-24-26)25-21(27)11-22-8-16-5-17(9-22)7-18(6-16)10-22/h1-4,12,14,16-18H,5-11,13H2,(H,25,27). The van der Waals surface area contributed by atoms with Crippen molar-refractivity contribution in [1.29, 1.82) is 0 Å². The van der Waals surface area contributed by atoms with Crippen LogP contribution in [0.15, 0.2) is 36.7 Å². The molecule has 0 unspecified atom stereocenters. The lowest BCUT2D eigenvalue weighted by Gasteiger charge is -2.56. The maximum atomic E-state index is 13.0. The van der Waals surface area contributed by atoms with Gasteiger partial charge in [0.15, 0.2) is 0 Å². The van der Waals surface area contributed by atoms with E-state index in [9.17, 15) is 9.18 Å². The van der Waals surface area contributed by atoms with Gasteiger partial charge in [0.1, 0.15) is 5.82 Å². The van der Waals surface area contributed by atoms with Crippen LogP contribution in [-0.4, -0.2) is 15.7 Å². The Balaban J connectivity index is 1.20. The van der Waals surface area contributed by atoms with E-state index < -0.39 is 0 Å². The van der Waals surface area contributed by atoms with Crippen molar-refractivity contribution in [1.82, 2.24) is 9.78 Å². The van der Waals surface area contributed by atoms with Gasteiger partial charge in [0.25, 0.3) is 0 Å². The van der Waals surface area contributed by atoms with Gasteiger partial charge in [0.05, 0.1) is 18.4 Å². The summed E-state index contributed by atoms with van der Waals surface area (Å²) >= 11 is 0. The van der Waals surface area contributed by atoms with Crippen LogP contribution in [0.25, 0.3) is 0 Å². The second kappa shape index (κ2) is 6.47. The molecule has 0 saturated heterocycles. The minimum Gasteiger partial charge on any atom is -0.323 e. The van der Waals surface area contributed by atoms with Crippen molar-refractivity contribution in [2.45, 2.75) is 51.5 Å². The lowest BCUT2D eigenvalue weighted by molar-refractivity contribution is -0.124. The van der Waals surface area contributed by atoms with Crippen LogP contribution in [0.5, 0.6) is 0 Å². The first-order valence-electron chi connectivity index (χ1n) is 10.1. The minimum absolute atomic E-state index is 0.123. The lowest BCUT2D eigenvalue weighted by atomic mass is 9.49. The smallest absolute Gasteiger partial charge is 0.225 e. The van der Waals surface area contributed by atoms with Crippen molar-refractivity contribution in [3.63, 3.8) is 0 Å². The average molecular weight is 367 g/mol. The largest absolute Gasteiger partial charge is 0.323 e. The van der Waals surface area contributed by atoms with Gasteiger partial charge in [-0.2, -0.15) is 5.10 Å². The fourth-order valence-electron chi connectivity index (χ4n) is 6.34. The zero-order valence-electron chi connectivity index (χ0n) is 15.5. The summed E-state index contributed by atoms with van der Waals surface area (Å²) in [5.74, 6) is 2.47. The van der Waals surface area contributed by atoms with E-state index in [0.717, 1.165) is 29.0 Å². The van der Waals surface area contributed by atoms with Gasteiger partial charge in [-0.25, -0.2) is 4.39 Å². The first-order chi connectivity index (χ1) is 13.1. The Morgan fingerprint density at radius 1 is 1.11 bits per heavy atom. The molecule has 27 heavy (non-hydrogen) atoms. The number of carbonyl (C=O) groups is 1. The first-order valence-corrected chi connectivity index (χ1v) is 10.1. The number of halogens is 1. The van der Waals surface area contributed by atoms with Crippen LogP contribution < -0.4 is 5.32 Å². The van der Waals surface area contributed by atoms with Crippen molar-refractivity contribution in [2.24, 2.45) is 23.2 Å². The Morgan fingerprint density at radius 2 is 1.74 bits per heavy atom. The van der Waals surface area contributed by atoms with E-state index >= 15 is 0 Å². The monoisotopic (exact) mass is 367 g/mol. The third-order valence-electron chi connectivity index (χ3n) is 6.88. The van der Waals surface area contributed by atoms with Crippen LogP contribution in [-0.2, 0) is 11.3 Å². The summed E-state index contributed by atoms with van der Waals surface area (Å²) in [6, 6.07) is 6.41. The summed E-state index contributed by atoms with van der Waals surface area (Å²) in [5, 5.41) is 7.37. The zero-order chi connectivity index (χ0) is 18.4. The van der Waals surface area contributed by atoms with Gasteiger partial charge in [-0.3, -0.25) is 9.48 Å². The van der Waals surface area contributed by atoms with Gasteiger partial charge < -0.3 is 5.32 Å². The van der Waals surface area contributed by atoms with Gasteiger partial charge in [0.2, 0.25) is 5.91 Å². The molecule has 0 spiro atoms. The Labute approximate surface area is 159 Å². The molecule has 0 radical (unpaired) electrons. The lowest BCUT2D eigenvalue weighted by Crippen LogP contribution is -2.47. The van der Waals surface area contributed by atoms with Crippen LogP contribution in [0.2, 0.25) is 0 Å². The molecule has 5 heteroatoms. The van der Waals surface area contributed by atoms with Gasteiger partial charge in [0, 0.05) is 12.6 Å². The molecule has 1 aromatic carbocycles. The molecule has 4 fully saturated rings. The van der Waals surface area contributed by atoms with E-state index in [0.29, 0.717) is 13.0 Å². The molecule has 1 amide bonds. The molecule has 6 rings (SSSR count). The molecule has 4 bridgehead atoms. The molecule has 0 atom stereocenters. The number of nitrogens with one attached hydrogen (secondary N) is 1. The van der Waals surface area contributed by atoms with Gasteiger partial charge in [-0.1, -0.05) is 12.1 Å². The molecule has 2 aromatic rings. The molecule has 4 nitrogen and oxygen atoms in total. The molecule has 1 N–H and O–H groups in total. The van der Waals surface area contributed by atoms with Crippen LogP contribution in [0.3, 0.4) is 0 Å². The number of carbonyl (C=O) groups excluding carboxylic acids is 1. The van der Waals surface area contributed by atoms with Crippen LogP contribution in [0.4, 0.5) is 10.1 Å². The normalized spacial score (nSPS) is 31.2. The summed E-state index contributed by atoms with van der Waals surface area (Å²) < 4.78 is 14.8. The average Bonchev–Trinajstić information content (AvgIpc) is 3.02. The SMILES string of the molecule is O=C(CC12CC3CC(CC(C3)C1)C2)Nc1cnn(Cc2ccc(F)cc2)c1. The summed E-state index contributed by atoms with van der Waals surface area (Å²) in [4.78, 5) is 12.7. The number of rotatable bonds is 5. The molecule has 1 aromatic heterocycles. The number of anilines is 1. The second-order valence-electron chi connectivity index (χ2n) is 9.20. The number of amides is 1. The zero-order valence-corrected chi connectivity index (χ0v) is 15.5. The van der Waals surface area contributed by atoms with Gasteiger partial charge in [-0.05, 0) is 79.4 Å². The number of nitrogens with zero attached hydrogens (tertiary/aromatic N) is 2. The quantitative estimate of drug-likeness (QED) is 0.838. The molecule has 142 valence electrons. The number of aromatic nitrogens is 2. The maximum absolute atomic E-state index is 13.0. The third kappa shape index (κ3) is 3.52. The molecular weight excluding hydrogens is 341 g/mol.